The van der Waals surface area contributed by atoms with Gasteiger partial charge in [-0.2, -0.15) is 0 Å². The molecule has 0 aliphatic carbocycles. The van der Waals surface area contributed by atoms with Crippen molar-refractivity contribution < 1.29 is 4.74 Å². The predicted molar refractivity (Wildman–Crippen MR) is 106 cm³/mol. The van der Waals surface area contributed by atoms with Crippen molar-refractivity contribution in [1.82, 2.24) is 19.4 Å². The number of hydrogen-bond acceptors (Lipinski definition) is 3. The molecule has 2 aliphatic heterocycles. The maximum atomic E-state index is 6.07. The summed E-state index contributed by atoms with van der Waals surface area (Å²) in [7, 11) is 2.16. The topological polar surface area (TPSA) is 46.1 Å². The fourth-order valence-corrected chi connectivity index (χ4v) is 4.09. The van der Waals surface area contributed by atoms with E-state index in [0.29, 0.717) is 6.04 Å². The zero-order chi connectivity index (χ0) is 18.4. The van der Waals surface area contributed by atoms with E-state index >= 15 is 0 Å². The van der Waals surface area contributed by atoms with E-state index in [1.165, 1.54) is 6.42 Å². The predicted octanol–water partition coefficient (Wildman–Crippen LogP) is 2.48. The number of aromatic amines is 1. The third-order valence-corrected chi connectivity index (χ3v) is 5.44. The second kappa shape index (κ2) is 6.28. The van der Waals surface area contributed by atoms with E-state index in [0.717, 1.165) is 52.2 Å². The monoisotopic (exact) mass is 358 g/mol. The van der Waals surface area contributed by atoms with E-state index in [2.05, 4.69) is 57.5 Å². The molecule has 2 aliphatic rings. The van der Waals surface area contributed by atoms with Gasteiger partial charge in [0.15, 0.2) is 11.5 Å². The van der Waals surface area contributed by atoms with Crippen molar-refractivity contribution in [2.45, 2.75) is 18.9 Å². The highest BCUT2D eigenvalue weighted by Crippen LogP contribution is 2.28. The Hall–Kier alpha value is -3.05. The number of H-pyrrole nitrogens is 1. The number of imidazole rings is 1. The molecule has 4 heterocycles. The summed E-state index contributed by atoms with van der Waals surface area (Å²) in [5.74, 6) is 2.65. The summed E-state index contributed by atoms with van der Waals surface area (Å²) in [5.41, 5.74) is 2.04. The number of aromatic nitrogens is 3. The van der Waals surface area contributed by atoms with Gasteiger partial charge >= 0.3 is 0 Å². The van der Waals surface area contributed by atoms with Crippen molar-refractivity contribution in [2.75, 3.05) is 13.6 Å². The molecule has 0 radical (unpaired) electrons. The molecule has 136 valence electrons. The summed E-state index contributed by atoms with van der Waals surface area (Å²) < 4.78 is 8.23. The Morgan fingerprint density at radius 1 is 1.30 bits per heavy atom. The number of likely N-dealkylation sites (tertiary alicyclic amines) is 1. The summed E-state index contributed by atoms with van der Waals surface area (Å²) in [6.45, 7) is 5.06. The summed E-state index contributed by atoms with van der Waals surface area (Å²) in [6.07, 6.45) is 10.3. The number of rotatable bonds is 3. The maximum Gasteiger partial charge on any atom is 0.151 e. The minimum Gasteiger partial charge on any atom is -0.453 e. The molecule has 5 heteroatoms. The smallest absolute Gasteiger partial charge is 0.151 e. The molecular weight excluding hydrogens is 336 g/mol. The molecule has 0 spiro atoms. The zero-order valence-electron chi connectivity index (χ0n) is 15.4. The summed E-state index contributed by atoms with van der Waals surface area (Å²) in [5, 5.41) is 2.09. The lowest BCUT2D eigenvalue weighted by Gasteiger charge is -2.18. The van der Waals surface area contributed by atoms with Gasteiger partial charge in [-0.05, 0) is 56.8 Å². The summed E-state index contributed by atoms with van der Waals surface area (Å²) in [4.78, 5) is 10.5. The molecule has 0 amide bonds. The Bertz CT molecular complexity index is 1140. The van der Waals surface area contributed by atoms with Crippen LogP contribution in [-0.2, 0) is 0 Å². The second-order valence-electron chi connectivity index (χ2n) is 7.13. The molecule has 1 N–H and O–H groups in total. The lowest BCUT2D eigenvalue weighted by molar-refractivity contribution is 0.307. The van der Waals surface area contributed by atoms with Crippen LogP contribution in [0.25, 0.3) is 17.5 Å². The highest BCUT2D eigenvalue weighted by Gasteiger charge is 2.24. The molecule has 1 fully saturated rings. The van der Waals surface area contributed by atoms with E-state index in [-0.39, 0.29) is 0 Å². The number of nitrogens with one attached hydrogen (secondary N) is 1. The molecule has 3 aromatic rings. The van der Waals surface area contributed by atoms with Crippen LogP contribution >= 0.6 is 0 Å². The van der Waals surface area contributed by atoms with Crippen LogP contribution in [0, 0.1) is 0 Å². The molecule has 2 aromatic heterocycles. The van der Waals surface area contributed by atoms with Crippen LogP contribution in [0.3, 0.4) is 0 Å². The van der Waals surface area contributed by atoms with Gasteiger partial charge in [0.25, 0.3) is 0 Å². The largest absolute Gasteiger partial charge is 0.453 e. The van der Waals surface area contributed by atoms with Gasteiger partial charge in [0, 0.05) is 11.4 Å². The van der Waals surface area contributed by atoms with E-state index in [1.807, 2.05) is 24.4 Å². The average Bonchev–Trinajstić information content (AvgIpc) is 3.42. The summed E-state index contributed by atoms with van der Waals surface area (Å²) in [6, 6.07) is 10.5. The quantitative estimate of drug-likeness (QED) is 0.782. The minimum atomic E-state index is 0.389. The third kappa shape index (κ3) is 2.62. The molecule has 1 saturated heterocycles. The fourth-order valence-electron chi connectivity index (χ4n) is 4.09. The number of hydrogen-bond donors (Lipinski definition) is 1. The number of fused-ring (bicyclic) bond motifs is 3. The van der Waals surface area contributed by atoms with E-state index in [4.69, 9.17) is 4.74 Å². The minimum absolute atomic E-state index is 0.389. The van der Waals surface area contributed by atoms with Gasteiger partial charge in [0.1, 0.15) is 5.82 Å². The fraction of sp³-hybridized carbons (Fsp3) is 0.227. The Morgan fingerprint density at radius 3 is 3.00 bits per heavy atom. The van der Waals surface area contributed by atoms with Gasteiger partial charge in [0.05, 0.1) is 29.0 Å². The highest BCUT2D eigenvalue weighted by molar-refractivity contribution is 5.62. The number of nitrogens with zero attached hydrogens (tertiary/aromatic N) is 3. The first-order valence-corrected chi connectivity index (χ1v) is 9.33. The molecule has 27 heavy (non-hydrogen) atoms. The second-order valence-corrected chi connectivity index (χ2v) is 7.13. The highest BCUT2D eigenvalue weighted by atomic mass is 16.5. The van der Waals surface area contributed by atoms with Crippen molar-refractivity contribution in [3.05, 3.63) is 77.5 Å². The first kappa shape index (κ1) is 16.1. The van der Waals surface area contributed by atoms with Crippen molar-refractivity contribution in [3.63, 3.8) is 0 Å². The van der Waals surface area contributed by atoms with Crippen molar-refractivity contribution in [3.8, 4) is 11.4 Å². The maximum absolute atomic E-state index is 6.07. The van der Waals surface area contributed by atoms with E-state index in [1.54, 1.807) is 6.08 Å². The molecular formula is C22H22N4O. The number of benzene rings is 1. The van der Waals surface area contributed by atoms with Crippen LogP contribution in [-0.4, -0.2) is 33.0 Å². The van der Waals surface area contributed by atoms with Gasteiger partial charge in [-0.15, -0.1) is 0 Å². The Labute approximate surface area is 157 Å². The van der Waals surface area contributed by atoms with Crippen LogP contribution in [0.2, 0.25) is 0 Å². The van der Waals surface area contributed by atoms with Crippen LogP contribution in [0.5, 0.6) is 5.75 Å². The molecule has 5 rings (SSSR count). The Balaban J connectivity index is 1.61. The van der Waals surface area contributed by atoms with Crippen molar-refractivity contribution in [2.24, 2.45) is 0 Å². The third-order valence-electron chi connectivity index (χ3n) is 5.44. The lowest BCUT2D eigenvalue weighted by atomic mass is 10.2. The van der Waals surface area contributed by atoms with Gasteiger partial charge in [-0.25, -0.2) is 4.98 Å². The molecule has 0 unspecified atom stereocenters. The number of para-hydroxylation sites is 2. The van der Waals surface area contributed by atoms with Crippen LogP contribution < -0.4 is 15.3 Å². The first-order valence-electron chi connectivity index (χ1n) is 9.33. The van der Waals surface area contributed by atoms with E-state index in [9.17, 15) is 0 Å². The van der Waals surface area contributed by atoms with Crippen LogP contribution in [0.1, 0.15) is 30.4 Å². The van der Waals surface area contributed by atoms with Crippen molar-refractivity contribution >= 4 is 11.8 Å². The molecule has 0 saturated carbocycles. The van der Waals surface area contributed by atoms with Gasteiger partial charge < -0.3 is 14.3 Å². The van der Waals surface area contributed by atoms with Crippen LogP contribution in [0.15, 0.2) is 55.4 Å². The molecule has 1 aromatic carbocycles. The van der Waals surface area contributed by atoms with Gasteiger partial charge in [-0.1, -0.05) is 18.7 Å². The van der Waals surface area contributed by atoms with Crippen molar-refractivity contribution in [1.29, 1.82) is 0 Å². The first-order chi connectivity index (χ1) is 13.2. The van der Waals surface area contributed by atoms with Gasteiger partial charge in [-0.3, -0.25) is 4.90 Å². The average molecular weight is 358 g/mol. The van der Waals surface area contributed by atoms with Crippen LogP contribution in [0.4, 0.5) is 0 Å². The zero-order valence-corrected chi connectivity index (χ0v) is 15.4. The standard InChI is InChI=1S/C22H22N4O/c1-3-19-21-15(10-12-26(21)17-7-4-5-9-20(17)27-19)13-16-14-23-22(24-16)18-8-6-11-25(18)2/h3-5,7,9-10,12-14,18H,1,6,8,11H2,2H3,(H,23,24)/b15-13+/t18-/m0/s1. The Kier molecular flexibility index (Phi) is 3.76. The number of ether oxygens (including phenoxy) is 1. The normalized spacial score (nSPS) is 19.7. The van der Waals surface area contributed by atoms with E-state index < -0.39 is 0 Å². The molecule has 0 bridgehead atoms. The SMILES string of the molecule is C=CC1=c2/c(=C/c3cnc([C@@H]4CCCN4C)[nH]3)ccn2-c2ccccc2O1. The summed E-state index contributed by atoms with van der Waals surface area (Å²) >= 11 is 0. The Morgan fingerprint density at radius 2 is 2.19 bits per heavy atom. The molecule has 5 nitrogen and oxygen atoms in total. The molecule has 1 atom stereocenters. The van der Waals surface area contributed by atoms with Gasteiger partial charge in [0.2, 0.25) is 0 Å². The lowest BCUT2D eigenvalue weighted by Crippen LogP contribution is -2.34.